The standard InChI is InChI=1S/C18H15ClFN5OS/c19-11-5-8-15(21-9-11)22-16(26)10-27-18-24-23-17(25(18)12-6-7-12)13-3-1-2-4-14(13)20/h1-5,8-9,12H,6-7,10H2,(H,21,22,26). The first-order chi connectivity index (χ1) is 13.1. The van der Waals surface area contributed by atoms with Gasteiger partial charge in [-0.25, -0.2) is 9.37 Å². The van der Waals surface area contributed by atoms with Crippen molar-refractivity contribution in [3.05, 3.63) is 53.4 Å². The number of amides is 1. The molecule has 1 aromatic carbocycles. The highest BCUT2D eigenvalue weighted by Crippen LogP contribution is 2.41. The summed E-state index contributed by atoms with van der Waals surface area (Å²) >= 11 is 7.05. The highest BCUT2D eigenvalue weighted by molar-refractivity contribution is 7.99. The van der Waals surface area contributed by atoms with E-state index in [9.17, 15) is 9.18 Å². The minimum absolute atomic E-state index is 0.145. The first-order valence-corrected chi connectivity index (χ1v) is 9.72. The zero-order valence-electron chi connectivity index (χ0n) is 14.1. The number of hydrogen-bond donors (Lipinski definition) is 1. The van der Waals surface area contributed by atoms with Crippen molar-refractivity contribution in [1.29, 1.82) is 0 Å². The number of thioether (sulfide) groups is 1. The van der Waals surface area contributed by atoms with Crippen LogP contribution < -0.4 is 5.32 Å². The number of nitrogens with one attached hydrogen (secondary N) is 1. The van der Waals surface area contributed by atoms with E-state index < -0.39 is 0 Å². The van der Waals surface area contributed by atoms with Crippen molar-refractivity contribution in [3.63, 3.8) is 0 Å². The van der Waals surface area contributed by atoms with E-state index in [2.05, 4.69) is 20.5 Å². The number of pyridine rings is 1. The zero-order valence-corrected chi connectivity index (χ0v) is 15.7. The van der Waals surface area contributed by atoms with Gasteiger partial charge in [-0.2, -0.15) is 0 Å². The molecule has 1 aliphatic rings. The topological polar surface area (TPSA) is 72.7 Å². The molecule has 0 bridgehead atoms. The van der Waals surface area contributed by atoms with Gasteiger partial charge in [0.15, 0.2) is 11.0 Å². The molecule has 1 amide bonds. The lowest BCUT2D eigenvalue weighted by atomic mass is 10.2. The lowest BCUT2D eigenvalue weighted by Gasteiger charge is -2.09. The van der Waals surface area contributed by atoms with E-state index in [1.165, 1.54) is 24.0 Å². The van der Waals surface area contributed by atoms with Crippen LogP contribution in [-0.4, -0.2) is 31.4 Å². The predicted octanol–water partition coefficient (Wildman–Crippen LogP) is 4.20. The third-order valence-electron chi connectivity index (χ3n) is 4.02. The van der Waals surface area contributed by atoms with Crippen molar-refractivity contribution in [1.82, 2.24) is 19.7 Å². The summed E-state index contributed by atoms with van der Waals surface area (Å²) in [5.74, 6) is 0.521. The lowest BCUT2D eigenvalue weighted by molar-refractivity contribution is -0.113. The molecule has 3 aromatic rings. The molecule has 2 aromatic heterocycles. The summed E-state index contributed by atoms with van der Waals surface area (Å²) in [5, 5.41) is 12.2. The van der Waals surface area contributed by atoms with Crippen molar-refractivity contribution in [2.24, 2.45) is 0 Å². The van der Waals surface area contributed by atoms with Gasteiger partial charge in [0, 0.05) is 12.2 Å². The van der Waals surface area contributed by atoms with Crippen LogP contribution in [0.2, 0.25) is 5.02 Å². The van der Waals surface area contributed by atoms with Gasteiger partial charge in [0.25, 0.3) is 0 Å². The summed E-state index contributed by atoms with van der Waals surface area (Å²) in [6, 6.07) is 10.0. The molecule has 0 atom stereocenters. The number of halogens is 2. The van der Waals surface area contributed by atoms with E-state index in [0.717, 1.165) is 12.8 Å². The number of aromatic nitrogens is 4. The molecule has 0 spiro atoms. The van der Waals surface area contributed by atoms with Gasteiger partial charge >= 0.3 is 0 Å². The van der Waals surface area contributed by atoms with Crippen molar-refractivity contribution >= 4 is 35.1 Å². The summed E-state index contributed by atoms with van der Waals surface area (Å²) in [6.07, 6.45) is 3.45. The molecule has 27 heavy (non-hydrogen) atoms. The zero-order chi connectivity index (χ0) is 18.8. The Morgan fingerprint density at radius 3 is 2.78 bits per heavy atom. The number of benzene rings is 1. The number of rotatable bonds is 6. The summed E-state index contributed by atoms with van der Waals surface area (Å²) in [7, 11) is 0. The fourth-order valence-corrected chi connectivity index (χ4v) is 3.54. The number of hydrogen-bond acceptors (Lipinski definition) is 5. The molecule has 4 rings (SSSR count). The molecule has 0 aliphatic heterocycles. The van der Waals surface area contributed by atoms with Crippen LogP contribution in [0.25, 0.3) is 11.4 Å². The fourth-order valence-electron chi connectivity index (χ4n) is 2.62. The maximum atomic E-state index is 14.2. The van der Waals surface area contributed by atoms with Gasteiger partial charge in [0.2, 0.25) is 5.91 Å². The van der Waals surface area contributed by atoms with Crippen molar-refractivity contribution in [2.45, 2.75) is 24.0 Å². The lowest BCUT2D eigenvalue weighted by Crippen LogP contribution is -2.15. The summed E-state index contributed by atoms with van der Waals surface area (Å²) in [6.45, 7) is 0. The first-order valence-electron chi connectivity index (χ1n) is 8.36. The Labute approximate surface area is 164 Å². The molecule has 0 radical (unpaired) electrons. The quantitative estimate of drug-likeness (QED) is 0.624. The summed E-state index contributed by atoms with van der Waals surface area (Å²) in [5.41, 5.74) is 0.415. The predicted molar refractivity (Wildman–Crippen MR) is 102 cm³/mol. The molecular weight excluding hydrogens is 389 g/mol. The number of anilines is 1. The number of nitrogens with zero attached hydrogens (tertiary/aromatic N) is 4. The van der Waals surface area contributed by atoms with Crippen molar-refractivity contribution < 1.29 is 9.18 Å². The second kappa shape index (κ2) is 7.66. The Morgan fingerprint density at radius 1 is 1.26 bits per heavy atom. The number of carbonyl (C=O) groups is 1. The highest BCUT2D eigenvalue weighted by atomic mass is 35.5. The summed E-state index contributed by atoms with van der Waals surface area (Å²) < 4.78 is 16.1. The second-order valence-electron chi connectivity index (χ2n) is 6.09. The maximum absolute atomic E-state index is 14.2. The van der Waals surface area contributed by atoms with E-state index in [1.807, 2.05) is 4.57 Å². The van der Waals surface area contributed by atoms with Gasteiger partial charge in [0.05, 0.1) is 16.3 Å². The first kappa shape index (κ1) is 17.9. The van der Waals surface area contributed by atoms with Crippen LogP contribution >= 0.6 is 23.4 Å². The molecule has 9 heteroatoms. The minimum Gasteiger partial charge on any atom is -0.310 e. The van der Waals surface area contributed by atoms with Crippen LogP contribution in [0.5, 0.6) is 0 Å². The molecular formula is C18H15ClFN5OS. The number of carbonyl (C=O) groups excluding carboxylic acids is 1. The van der Waals surface area contributed by atoms with Gasteiger partial charge in [-0.15, -0.1) is 10.2 Å². The molecule has 2 heterocycles. The maximum Gasteiger partial charge on any atom is 0.236 e. The van der Waals surface area contributed by atoms with E-state index in [1.54, 1.807) is 30.3 Å². The van der Waals surface area contributed by atoms with Gasteiger partial charge < -0.3 is 5.32 Å². The normalized spacial score (nSPS) is 13.6. The Balaban J connectivity index is 1.49. The van der Waals surface area contributed by atoms with E-state index in [0.29, 0.717) is 27.4 Å². The van der Waals surface area contributed by atoms with Crippen LogP contribution in [0.1, 0.15) is 18.9 Å². The average molecular weight is 404 g/mol. The fraction of sp³-hybridized carbons (Fsp3) is 0.222. The highest BCUT2D eigenvalue weighted by Gasteiger charge is 2.31. The molecule has 0 unspecified atom stereocenters. The Hall–Kier alpha value is -2.45. The van der Waals surface area contributed by atoms with Crippen LogP contribution in [0.3, 0.4) is 0 Å². The Kier molecular flexibility index (Phi) is 5.09. The second-order valence-corrected chi connectivity index (χ2v) is 7.46. The third-order valence-corrected chi connectivity index (χ3v) is 5.19. The Morgan fingerprint density at radius 2 is 2.07 bits per heavy atom. The smallest absolute Gasteiger partial charge is 0.236 e. The van der Waals surface area contributed by atoms with Crippen molar-refractivity contribution in [3.8, 4) is 11.4 Å². The van der Waals surface area contributed by atoms with Gasteiger partial charge in [0.1, 0.15) is 11.6 Å². The van der Waals surface area contributed by atoms with Crippen LogP contribution in [0.15, 0.2) is 47.8 Å². The minimum atomic E-state index is -0.338. The SMILES string of the molecule is O=C(CSc1nnc(-c2ccccc2F)n1C1CC1)Nc1ccc(Cl)cn1. The van der Waals surface area contributed by atoms with Crippen molar-refractivity contribution in [2.75, 3.05) is 11.1 Å². The average Bonchev–Trinajstić information content (AvgIpc) is 3.42. The monoisotopic (exact) mass is 403 g/mol. The molecule has 1 saturated carbocycles. The largest absolute Gasteiger partial charge is 0.310 e. The van der Waals surface area contributed by atoms with E-state index in [-0.39, 0.29) is 23.5 Å². The Bertz CT molecular complexity index is 974. The molecule has 138 valence electrons. The molecule has 1 N–H and O–H groups in total. The van der Waals surface area contributed by atoms with Crippen LogP contribution in [-0.2, 0) is 4.79 Å². The van der Waals surface area contributed by atoms with Gasteiger partial charge in [-0.1, -0.05) is 35.5 Å². The summed E-state index contributed by atoms with van der Waals surface area (Å²) in [4.78, 5) is 16.2. The van der Waals surface area contributed by atoms with Crippen LogP contribution in [0.4, 0.5) is 10.2 Å². The molecule has 6 nitrogen and oxygen atoms in total. The third kappa shape index (κ3) is 4.12. The molecule has 1 aliphatic carbocycles. The van der Waals surface area contributed by atoms with Crippen LogP contribution in [0, 0.1) is 5.82 Å². The molecule has 1 fully saturated rings. The van der Waals surface area contributed by atoms with E-state index in [4.69, 9.17) is 11.6 Å². The van der Waals surface area contributed by atoms with E-state index >= 15 is 0 Å². The van der Waals surface area contributed by atoms with Gasteiger partial charge in [-0.05, 0) is 37.1 Å². The van der Waals surface area contributed by atoms with Gasteiger partial charge in [-0.3, -0.25) is 9.36 Å². The molecule has 0 saturated heterocycles.